The number of nitrogens with zero attached hydrogens (tertiary/aromatic N) is 1. The van der Waals surface area contributed by atoms with Gasteiger partial charge in [0.05, 0.1) is 0 Å². The monoisotopic (exact) mass is 229 g/mol. The zero-order valence-electron chi connectivity index (χ0n) is 11.1. The van der Waals surface area contributed by atoms with E-state index < -0.39 is 17.3 Å². The lowest BCUT2D eigenvalue weighted by Crippen LogP contribution is -2.46. The summed E-state index contributed by atoms with van der Waals surface area (Å²) in [5.74, 6) is -2.34. The van der Waals surface area contributed by atoms with E-state index in [0.29, 0.717) is 0 Å². The summed E-state index contributed by atoms with van der Waals surface area (Å²) >= 11 is 0. The van der Waals surface area contributed by atoms with Crippen LogP contribution in [-0.4, -0.2) is 35.0 Å². The van der Waals surface area contributed by atoms with Gasteiger partial charge in [0.15, 0.2) is 0 Å². The number of carboxylic acid groups (broad SMARTS) is 1. The molecule has 0 aromatic carbocycles. The van der Waals surface area contributed by atoms with E-state index >= 15 is 0 Å². The zero-order chi connectivity index (χ0) is 13.1. The first-order valence-electron chi connectivity index (χ1n) is 5.62. The molecule has 0 aliphatic carbocycles. The molecular weight excluding hydrogens is 206 g/mol. The Bertz CT molecular complexity index is 268. The Morgan fingerprint density at radius 1 is 1.31 bits per heavy atom. The summed E-state index contributed by atoms with van der Waals surface area (Å²) < 4.78 is 0. The second kappa shape index (κ2) is 5.32. The number of aliphatic carboxylic acids is 1. The minimum atomic E-state index is -1.05. The lowest BCUT2D eigenvalue weighted by molar-refractivity contribution is -0.156. The Balaban J connectivity index is 4.97. The predicted octanol–water partition coefficient (Wildman–Crippen LogP) is 1.99. The van der Waals surface area contributed by atoms with Crippen LogP contribution in [-0.2, 0) is 9.59 Å². The topological polar surface area (TPSA) is 57.6 Å². The second-order valence-electron chi connectivity index (χ2n) is 5.34. The molecule has 4 nitrogen and oxygen atoms in total. The summed E-state index contributed by atoms with van der Waals surface area (Å²) in [6.07, 6.45) is 0.818. The average Bonchev–Trinajstić information content (AvgIpc) is 2.12. The highest BCUT2D eigenvalue weighted by Crippen LogP contribution is 2.28. The van der Waals surface area contributed by atoms with Crippen LogP contribution in [0.15, 0.2) is 0 Å². The number of hydrogen-bond donors (Lipinski definition) is 1. The molecule has 0 fully saturated rings. The normalized spacial score (nSPS) is 15.4. The van der Waals surface area contributed by atoms with E-state index in [0.717, 1.165) is 6.42 Å². The largest absolute Gasteiger partial charge is 0.481 e. The van der Waals surface area contributed by atoms with Crippen LogP contribution in [0.1, 0.15) is 41.0 Å². The Morgan fingerprint density at radius 2 is 1.75 bits per heavy atom. The van der Waals surface area contributed by atoms with Gasteiger partial charge >= 0.3 is 5.97 Å². The smallest absolute Gasteiger partial charge is 0.316 e. The third-order valence-corrected chi connectivity index (χ3v) is 2.96. The molecule has 0 saturated carbocycles. The van der Waals surface area contributed by atoms with Crippen molar-refractivity contribution in [3.63, 3.8) is 0 Å². The molecule has 0 aromatic heterocycles. The molecule has 0 radical (unpaired) electrons. The molecule has 0 aliphatic rings. The van der Waals surface area contributed by atoms with Crippen molar-refractivity contribution in [1.29, 1.82) is 0 Å². The third-order valence-electron chi connectivity index (χ3n) is 2.96. The fourth-order valence-electron chi connectivity index (χ4n) is 1.54. The summed E-state index contributed by atoms with van der Waals surface area (Å²) in [5.41, 5.74) is -0.565. The Labute approximate surface area is 97.6 Å². The summed E-state index contributed by atoms with van der Waals surface area (Å²) in [5, 5.41) is 9.14. The van der Waals surface area contributed by atoms with Gasteiger partial charge in [0.2, 0.25) is 5.91 Å². The maximum absolute atomic E-state index is 12.1. The molecule has 16 heavy (non-hydrogen) atoms. The lowest BCUT2D eigenvalue weighted by Gasteiger charge is -2.32. The molecule has 1 N–H and O–H groups in total. The summed E-state index contributed by atoms with van der Waals surface area (Å²) in [7, 11) is 1.66. The number of amides is 1. The Kier molecular flexibility index (Phi) is 4.97. The predicted molar refractivity (Wildman–Crippen MR) is 63.1 cm³/mol. The minimum absolute atomic E-state index is 0.0664. The lowest BCUT2D eigenvalue weighted by atomic mass is 9.79. The molecule has 2 atom stereocenters. The van der Waals surface area contributed by atoms with Crippen LogP contribution < -0.4 is 0 Å². The molecule has 0 aromatic rings. The van der Waals surface area contributed by atoms with Crippen LogP contribution in [0, 0.1) is 11.3 Å². The molecular formula is C12H23NO3. The summed E-state index contributed by atoms with van der Waals surface area (Å²) in [4.78, 5) is 24.8. The van der Waals surface area contributed by atoms with Crippen molar-refractivity contribution in [3.05, 3.63) is 0 Å². The second-order valence-corrected chi connectivity index (χ2v) is 5.34. The maximum atomic E-state index is 12.1. The summed E-state index contributed by atoms with van der Waals surface area (Å²) in [6.45, 7) is 9.21. The first-order chi connectivity index (χ1) is 7.12. The molecule has 0 rings (SSSR count). The maximum Gasteiger partial charge on any atom is 0.316 e. The van der Waals surface area contributed by atoms with E-state index in [-0.39, 0.29) is 11.9 Å². The molecule has 0 bridgehead atoms. The Hall–Kier alpha value is -1.06. The number of carbonyl (C=O) groups is 2. The van der Waals surface area contributed by atoms with Gasteiger partial charge in [0.25, 0.3) is 0 Å². The fourth-order valence-corrected chi connectivity index (χ4v) is 1.54. The van der Waals surface area contributed by atoms with E-state index in [2.05, 4.69) is 0 Å². The van der Waals surface area contributed by atoms with Crippen LogP contribution in [0.5, 0.6) is 0 Å². The molecule has 0 heterocycles. The molecule has 4 heteroatoms. The summed E-state index contributed by atoms with van der Waals surface area (Å²) in [6, 6.07) is 0.0664. The number of carboxylic acids is 1. The van der Waals surface area contributed by atoms with Gasteiger partial charge in [-0.25, -0.2) is 0 Å². The van der Waals surface area contributed by atoms with Crippen molar-refractivity contribution in [2.24, 2.45) is 11.3 Å². The minimum Gasteiger partial charge on any atom is -0.481 e. The average molecular weight is 229 g/mol. The van der Waals surface area contributed by atoms with Gasteiger partial charge in [-0.2, -0.15) is 0 Å². The Morgan fingerprint density at radius 3 is 2.00 bits per heavy atom. The van der Waals surface area contributed by atoms with E-state index in [1.807, 2.05) is 13.8 Å². The molecule has 0 aliphatic heterocycles. The van der Waals surface area contributed by atoms with Gasteiger partial charge in [-0.05, 0) is 18.8 Å². The highest BCUT2D eigenvalue weighted by Gasteiger charge is 2.39. The standard InChI is InChI=1S/C12H23NO3/c1-7-8(2)13(6)10(14)9(11(15)16)12(3,4)5/h8-9H,7H2,1-6H3,(H,15,16). The van der Waals surface area contributed by atoms with E-state index in [1.54, 1.807) is 27.8 Å². The van der Waals surface area contributed by atoms with Crippen molar-refractivity contribution >= 4 is 11.9 Å². The van der Waals surface area contributed by atoms with Crippen molar-refractivity contribution in [2.45, 2.75) is 47.1 Å². The van der Waals surface area contributed by atoms with E-state index in [9.17, 15) is 9.59 Å². The zero-order valence-corrected chi connectivity index (χ0v) is 11.1. The number of rotatable bonds is 4. The van der Waals surface area contributed by atoms with Gasteiger partial charge in [-0.15, -0.1) is 0 Å². The van der Waals surface area contributed by atoms with Crippen LogP contribution in [0.25, 0.3) is 0 Å². The third kappa shape index (κ3) is 3.51. The number of carbonyl (C=O) groups excluding carboxylic acids is 1. The van der Waals surface area contributed by atoms with Crippen molar-refractivity contribution in [1.82, 2.24) is 4.90 Å². The SMILES string of the molecule is CCC(C)N(C)C(=O)C(C(=O)O)C(C)(C)C. The van der Waals surface area contributed by atoms with Crippen molar-refractivity contribution < 1.29 is 14.7 Å². The molecule has 0 spiro atoms. The van der Waals surface area contributed by atoms with Crippen molar-refractivity contribution in [2.75, 3.05) is 7.05 Å². The molecule has 2 unspecified atom stereocenters. The van der Waals surface area contributed by atoms with Crippen LogP contribution in [0.2, 0.25) is 0 Å². The van der Waals surface area contributed by atoms with Gasteiger partial charge in [-0.1, -0.05) is 27.7 Å². The highest BCUT2D eigenvalue weighted by atomic mass is 16.4. The number of hydrogen-bond acceptors (Lipinski definition) is 2. The molecule has 94 valence electrons. The molecule has 0 saturated heterocycles. The van der Waals surface area contributed by atoms with Crippen LogP contribution >= 0.6 is 0 Å². The first kappa shape index (κ1) is 14.9. The molecule has 1 amide bonds. The van der Waals surface area contributed by atoms with E-state index in [4.69, 9.17) is 5.11 Å². The highest BCUT2D eigenvalue weighted by molar-refractivity contribution is 5.97. The van der Waals surface area contributed by atoms with Gasteiger partial charge in [0, 0.05) is 13.1 Å². The first-order valence-corrected chi connectivity index (χ1v) is 5.62. The van der Waals surface area contributed by atoms with Crippen molar-refractivity contribution in [3.8, 4) is 0 Å². The van der Waals surface area contributed by atoms with Gasteiger partial charge in [0.1, 0.15) is 5.92 Å². The quantitative estimate of drug-likeness (QED) is 0.750. The van der Waals surface area contributed by atoms with Crippen LogP contribution in [0.4, 0.5) is 0 Å². The van der Waals surface area contributed by atoms with Crippen LogP contribution in [0.3, 0.4) is 0 Å². The van der Waals surface area contributed by atoms with Gasteiger partial charge in [-0.3, -0.25) is 9.59 Å². The fraction of sp³-hybridized carbons (Fsp3) is 0.833. The van der Waals surface area contributed by atoms with Gasteiger partial charge < -0.3 is 10.0 Å². The van der Waals surface area contributed by atoms with E-state index in [1.165, 1.54) is 4.90 Å².